The van der Waals surface area contributed by atoms with Crippen molar-refractivity contribution < 1.29 is 9.72 Å². The van der Waals surface area contributed by atoms with E-state index in [4.69, 9.17) is 0 Å². The third-order valence-electron chi connectivity index (χ3n) is 2.26. The van der Waals surface area contributed by atoms with Crippen molar-refractivity contribution in [3.8, 4) is 0 Å². The second-order valence-electron chi connectivity index (χ2n) is 3.70. The molecule has 9 heteroatoms. The highest BCUT2D eigenvalue weighted by atomic mass is 32.2. The quantitative estimate of drug-likeness (QED) is 0.518. The van der Waals surface area contributed by atoms with Gasteiger partial charge in [0.2, 0.25) is 5.91 Å². The van der Waals surface area contributed by atoms with Gasteiger partial charge in [-0.3, -0.25) is 14.9 Å². The molecule has 20 heavy (non-hydrogen) atoms. The summed E-state index contributed by atoms with van der Waals surface area (Å²) < 4.78 is 0. The van der Waals surface area contributed by atoms with E-state index in [2.05, 4.69) is 15.3 Å². The number of nitrogens with one attached hydrogen (secondary N) is 1. The number of thiazole rings is 1. The van der Waals surface area contributed by atoms with Crippen molar-refractivity contribution in [3.05, 3.63) is 40.0 Å². The van der Waals surface area contributed by atoms with Crippen molar-refractivity contribution in [1.29, 1.82) is 0 Å². The number of rotatable bonds is 5. The SMILES string of the molecule is C[C@H](Sc1ccc([N+](=O)[O-])cn1)C(=O)Nc1nccs1. The number of carbonyl (C=O) groups is 1. The molecule has 0 fully saturated rings. The smallest absolute Gasteiger partial charge is 0.287 e. The van der Waals surface area contributed by atoms with Gasteiger partial charge in [-0.05, 0) is 13.0 Å². The molecule has 2 rings (SSSR count). The second kappa shape index (κ2) is 6.44. The van der Waals surface area contributed by atoms with Crippen LogP contribution in [0.3, 0.4) is 0 Å². The topological polar surface area (TPSA) is 98.0 Å². The zero-order chi connectivity index (χ0) is 14.5. The van der Waals surface area contributed by atoms with Crippen molar-refractivity contribution in [3.63, 3.8) is 0 Å². The third kappa shape index (κ3) is 3.75. The molecule has 0 aliphatic rings. The molecule has 0 aromatic carbocycles. The van der Waals surface area contributed by atoms with Crippen LogP contribution in [0.15, 0.2) is 34.9 Å². The summed E-state index contributed by atoms with van der Waals surface area (Å²) in [4.78, 5) is 29.8. The van der Waals surface area contributed by atoms with Gasteiger partial charge in [-0.15, -0.1) is 11.3 Å². The van der Waals surface area contributed by atoms with Gasteiger partial charge in [-0.25, -0.2) is 9.97 Å². The van der Waals surface area contributed by atoms with Crippen molar-refractivity contribution >= 4 is 39.8 Å². The molecule has 7 nitrogen and oxygen atoms in total. The lowest BCUT2D eigenvalue weighted by Crippen LogP contribution is -2.22. The van der Waals surface area contributed by atoms with Crippen molar-refractivity contribution in [2.45, 2.75) is 17.2 Å². The molecular formula is C11H10N4O3S2. The minimum Gasteiger partial charge on any atom is -0.301 e. The molecule has 2 aromatic rings. The first-order valence-electron chi connectivity index (χ1n) is 5.53. The van der Waals surface area contributed by atoms with Crippen LogP contribution in [0.5, 0.6) is 0 Å². The third-order valence-corrected chi connectivity index (χ3v) is 4.00. The summed E-state index contributed by atoms with van der Waals surface area (Å²) in [6.07, 6.45) is 2.78. The molecule has 104 valence electrons. The Morgan fingerprint density at radius 1 is 1.50 bits per heavy atom. The Morgan fingerprint density at radius 3 is 2.85 bits per heavy atom. The van der Waals surface area contributed by atoms with Crippen LogP contribution in [0.2, 0.25) is 0 Å². The summed E-state index contributed by atoms with van der Waals surface area (Å²) in [5.74, 6) is -0.190. The lowest BCUT2D eigenvalue weighted by molar-refractivity contribution is -0.385. The number of hydrogen-bond donors (Lipinski definition) is 1. The summed E-state index contributed by atoms with van der Waals surface area (Å²) in [5.41, 5.74) is -0.0748. The fraction of sp³-hybridized carbons (Fsp3) is 0.182. The molecule has 2 aromatic heterocycles. The average Bonchev–Trinajstić information content (AvgIpc) is 2.92. The van der Waals surface area contributed by atoms with Crippen LogP contribution in [0.1, 0.15) is 6.92 Å². The second-order valence-corrected chi connectivity index (χ2v) is 5.95. The first-order valence-corrected chi connectivity index (χ1v) is 7.29. The summed E-state index contributed by atoms with van der Waals surface area (Å²) in [7, 11) is 0. The molecule has 0 unspecified atom stereocenters. The van der Waals surface area contributed by atoms with Gasteiger partial charge in [0.15, 0.2) is 5.13 Å². The monoisotopic (exact) mass is 310 g/mol. The lowest BCUT2D eigenvalue weighted by atomic mass is 10.4. The maximum Gasteiger partial charge on any atom is 0.287 e. The van der Waals surface area contributed by atoms with Gasteiger partial charge in [-0.2, -0.15) is 0 Å². The Balaban J connectivity index is 1.95. The zero-order valence-corrected chi connectivity index (χ0v) is 12.0. The van der Waals surface area contributed by atoms with E-state index in [0.29, 0.717) is 10.2 Å². The predicted molar refractivity (Wildman–Crippen MR) is 77.0 cm³/mol. The molecule has 0 aliphatic heterocycles. The molecule has 0 spiro atoms. The first-order chi connectivity index (χ1) is 9.56. The van der Waals surface area contributed by atoms with Crippen LogP contribution in [-0.4, -0.2) is 26.0 Å². The Hall–Kier alpha value is -2.00. The van der Waals surface area contributed by atoms with Crippen LogP contribution in [-0.2, 0) is 4.79 Å². The standard InChI is InChI=1S/C11H10N4O3S2/c1-7(10(16)14-11-12-4-5-19-11)20-9-3-2-8(6-13-9)15(17)18/h2-7H,1H3,(H,12,14,16)/t7-/m0/s1. The Bertz CT molecular complexity index is 601. The first kappa shape index (κ1) is 14.4. The number of pyridine rings is 1. The Kier molecular flexibility index (Phi) is 4.64. The molecule has 1 atom stereocenters. The Morgan fingerprint density at radius 2 is 2.30 bits per heavy atom. The van der Waals surface area contributed by atoms with E-state index in [1.807, 2.05) is 0 Å². The van der Waals surface area contributed by atoms with Crippen LogP contribution in [0.25, 0.3) is 0 Å². The van der Waals surface area contributed by atoms with E-state index in [-0.39, 0.29) is 16.8 Å². The van der Waals surface area contributed by atoms with E-state index in [0.717, 1.165) is 0 Å². The fourth-order valence-corrected chi connectivity index (χ4v) is 2.60. The van der Waals surface area contributed by atoms with Crippen molar-refractivity contribution in [2.24, 2.45) is 0 Å². The summed E-state index contributed by atoms with van der Waals surface area (Å²) in [6.45, 7) is 1.73. The molecule has 1 N–H and O–H groups in total. The number of anilines is 1. The van der Waals surface area contributed by atoms with Gasteiger partial charge in [0.1, 0.15) is 6.20 Å². The van der Waals surface area contributed by atoms with E-state index >= 15 is 0 Å². The molecule has 0 aliphatic carbocycles. The maximum absolute atomic E-state index is 11.9. The molecule has 0 saturated heterocycles. The highest BCUT2D eigenvalue weighted by Crippen LogP contribution is 2.24. The molecule has 0 saturated carbocycles. The largest absolute Gasteiger partial charge is 0.301 e. The summed E-state index contributed by atoms with van der Waals surface area (Å²) >= 11 is 2.56. The highest BCUT2D eigenvalue weighted by molar-refractivity contribution is 8.00. The minimum absolute atomic E-state index is 0.0748. The van der Waals surface area contributed by atoms with E-state index in [1.165, 1.54) is 41.4 Å². The van der Waals surface area contributed by atoms with Crippen LogP contribution < -0.4 is 5.32 Å². The molecular weight excluding hydrogens is 300 g/mol. The lowest BCUT2D eigenvalue weighted by Gasteiger charge is -2.09. The number of carbonyl (C=O) groups excluding carboxylic acids is 1. The van der Waals surface area contributed by atoms with Gasteiger partial charge in [0, 0.05) is 17.6 Å². The van der Waals surface area contributed by atoms with Gasteiger partial charge in [-0.1, -0.05) is 11.8 Å². The van der Waals surface area contributed by atoms with E-state index in [9.17, 15) is 14.9 Å². The van der Waals surface area contributed by atoms with Crippen molar-refractivity contribution in [1.82, 2.24) is 9.97 Å². The van der Waals surface area contributed by atoms with Gasteiger partial charge >= 0.3 is 0 Å². The number of nitrogens with zero attached hydrogens (tertiary/aromatic N) is 3. The number of aromatic nitrogens is 2. The van der Waals surface area contributed by atoms with Crippen LogP contribution >= 0.6 is 23.1 Å². The number of nitro groups is 1. The van der Waals surface area contributed by atoms with Crippen LogP contribution in [0, 0.1) is 10.1 Å². The number of thioether (sulfide) groups is 1. The van der Waals surface area contributed by atoms with Gasteiger partial charge in [0.05, 0.1) is 15.2 Å². The van der Waals surface area contributed by atoms with Crippen molar-refractivity contribution in [2.75, 3.05) is 5.32 Å². The number of amides is 1. The summed E-state index contributed by atoms with van der Waals surface area (Å²) in [5, 5.41) is 15.7. The normalized spacial score (nSPS) is 11.8. The molecule has 1 amide bonds. The highest BCUT2D eigenvalue weighted by Gasteiger charge is 2.16. The predicted octanol–water partition coefficient (Wildman–Crippen LogP) is 2.57. The fourth-order valence-electron chi connectivity index (χ4n) is 1.28. The summed E-state index contributed by atoms with van der Waals surface area (Å²) in [6, 6.07) is 2.89. The minimum atomic E-state index is -0.514. The van der Waals surface area contributed by atoms with Gasteiger partial charge in [0.25, 0.3) is 5.69 Å². The van der Waals surface area contributed by atoms with E-state index < -0.39 is 4.92 Å². The Labute approximate surface area is 122 Å². The molecule has 2 heterocycles. The van der Waals surface area contributed by atoms with E-state index in [1.54, 1.807) is 18.5 Å². The molecule has 0 radical (unpaired) electrons. The maximum atomic E-state index is 11.9. The van der Waals surface area contributed by atoms with Crippen LogP contribution in [0.4, 0.5) is 10.8 Å². The average molecular weight is 310 g/mol. The molecule has 0 bridgehead atoms. The zero-order valence-electron chi connectivity index (χ0n) is 10.3. The number of hydrogen-bond acceptors (Lipinski definition) is 7. The van der Waals surface area contributed by atoms with Gasteiger partial charge < -0.3 is 5.32 Å².